The van der Waals surface area contributed by atoms with Crippen LogP contribution in [0.15, 0.2) is 85.5 Å². The van der Waals surface area contributed by atoms with Crippen molar-refractivity contribution in [2.24, 2.45) is 11.3 Å². The van der Waals surface area contributed by atoms with Crippen molar-refractivity contribution in [3.63, 3.8) is 0 Å². The lowest BCUT2D eigenvalue weighted by Crippen LogP contribution is -2.60. The average Bonchev–Trinajstić information content (AvgIpc) is 3.41. The predicted octanol–water partition coefficient (Wildman–Crippen LogP) is 4.49. The Morgan fingerprint density at radius 2 is 1.56 bits per heavy atom. The number of nitrogens with zero attached hydrogens (tertiary/aromatic N) is 1. The fourth-order valence-electron chi connectivity index (χ4n) is 8.65. The molecule has 3 aromatic rings. The molecular formula is C44H51N5O8. The third-order valence-corrected chi connectivity index (χ3v) is 11.7. The Labute approximate surface area is 332 Å². The molecule has 3 aromatic carbocycles. The number of hydrogen-bond acceptors (Lipinski definition) is 8. The molecule has 0 radical (unpaired) electrons. The van der Waals surface area contributed by atoms with Crippen molar-refractivity contribution in [1.29, 1.82) is 0 Å². The van der Waals surface area contributed by atoms with Crippen LogP contribution in [-0.4, -0.2) is 89.4 Å². The molecular weight excluding hydrogens is 727 g/mol. The third-order valence-electron chi connectivity index (χ3n) is 11.7. The van der Waals surface area contributed by atoms with E-state index in [9.17, 15) is 29.1 Å². The average molecular weight is 778 g/mol. The van der Waals surface area contributed by atoms with Crippen LogP contribution in [0.3, 0.4) is 0 Å². The summed E-state index contributed by atoms with van der Waals surface area (Å²) in [6, 6.07) is 19.2. The maximum absolute atomic E-state index is 14.3. The first kappa shape index (κ1) is 39.5. The van der Waals surface area contributed by atoms with Crippen molar-refractivity contribution in [2.45, 2.75) is 88.7 Å². The van der Waals surface area contributed by atoms with Crippen LogP contribution in [0.25, 0.3) is 11.1 Å². The molecule has 7 rings (SSSR count). The monoisotopic (exact) mass is 777 g/mol. The second-order valence-electron chi connectivity index (χ2n) is 16.5. The summed E-state index contributed by atoms with van der Waals surface area (Å²) in [6.07, 6.45) is 0.734. The molecule has 1 saturated heterocycles. The fraction of sp³-hybridized carbons (Fsp3) is 0.432. The lowest BCUT2D eigenvalue weighted by Gasteiger charge is -2.34. The predicted molar refractivity (Wildman–Crippen MR) is 212 cm³/mol. The summed E-state index contributed by atoms with van der Waals surface area (Å²) >= 11 is 0. The number of carbonyl (C=O) groups excluding carboxylic acids is 5. The van der Waals surface area contributed by atoms with Gasteiger partial charge in [-0.05, 0) is 58.6 Å². The fourth-order valence-corrected chi connectivity index (χ4v) is 8.65. The van der Waals surface area contributed by atoms with E-state index in [1.54, 1.807) is 33.8 Å². The van der Waals surface area contributed by atoms with E-state index in [2.05, 4.69) is 27.8 Å². The van der Waals surface area contributed by atoms with Gasteiger partial charge in [0.25, 0.3) is 0 Å². The highest BCUT2D eigenvalue weighted by Gasteiger charge is 2.62. The first-order chi connectivity index (χ1) is 27.2. The molecule has 13 nitrogen and oxygen atoms in total. The Morgan fingerprint density at radius 3 is 2.18 bits per heavy atom. The molecule has 300 valence electrons. The molecule has 0 aromatic heterocycles. The number of fused-ring (bicyclic) bond motifs is 4. The minimum absolute atomic E-state index is 0.0124. The van der Waals surface area contributed by atoms with Crippen LogP contribution in [0.2, 0.25) is 0 Å². The number of amides is 5. The van der Waals surface area contributed by atoms with Gasteiger partial charge in [-0.2, -0.15) is 0 Å². The van der Waals surface area contributed by atoms with Crippen LogP contribution in [-0.2, 0) is 30.3 Å². The molecule has 4 aliphatic rings. The molecule has 5 amide bonds. The summed E-state index contributed by atoms with van der Waals surface area (Å²) in [7, 11) is 0. The number of aliphatic hydroxyl groups is 1. The Morgan fingerprint density at radius 1 is 0.930 bits per heavy atom. The van der Waals surface area contributed by atoms with Gasteiger partial charge in [-0.15, -0.1) is 6.58 Å². The van der Waals surface area contributed by atoms with E-state index in [-0.39, 0.29) is 38.0 Å². The highest BCUT2D eigenvalue weighted by atomic mass is 16.5. The first-order valence-corrected chi connectivity index (χ1v) is 19.6. The Bertz CT molecular complexity index is 2040. The topological polar surface area (TPSA) is 175 Å². The number of nitrogens with one attached hydrogen (secondary N) is 4. The second kappa shape index (κ2) is 15.7. The zero-order valence-electron chi connectivity index (χ0n) is 32.7. The van der Waals surface area contributed by atoms with Gasteiger partial charge in [0.05, 0.1) is 24.8 Å². The van der Waals surface area contributed by atoms with E-state index in [4.69, 9.17) is 9.47 Å². The highest BCUT2D eigenvalue weighted by molar-refractivity contribution is 5.96. The van der Waals surface area contributed by atoms with E-state index in [1.807, 2.05) is 72.8 Å². The van der Waals surface area contributed by atoms with Gasteiger partial charge in [-0.3, -0.25) is 9.59 Å². The van der Waals surface area contributed by atoms with Crippen LogP contribution >= 0.6 is 0 Å². The normalized spacial score (nSPS) is 24.9. The number of carbonyl (C=O) groups is 5. The molecule has 2 unspecified atom stereocenters. The van der Waals surface area contributed by atoms with Gasteiger partial charge >= 0.3 is 18.1 Å². The number of alkyl carbamates (subject to hydrolysis) is 1. The third kappa shape index (κ3) is 7.72. The summed E-state index contributed by atoms with van der Waals surface area (Å²) in [5.41, 5.74) is 3.94. The Kier molecular flexibility index (Phi) is 10.9. The molecule has 1 heterocycles. The molecule has 0 bridgehead atoms. The van der Waals surface area contributed by atoms with Gasteiger partial charge in [0.2, 0.25) is 11.8 Å². The Hall–Kier alpha value is -5.69. The number of urea groups is 1. The van der Waals surface area contributed by atoms with Crippen molar-refractivity contribution in [1.82, 2.24) is 26.2 Å². The van der Waals surface area contributed by atoms with Gasteiger partial charge in [0, 0.05) is 24.8 Å². The number of rotatable bonds is 11. The number of likely N-dealkylation sites (tertiary alicyclic amines) is 1. The molecule has 3 aliphatic carbocycles. The van der Waals surface area contributed by atoms with E-state index in [0.29, 0.717) is 12.8 Å². The molecule has 0 spiro atoms. The number of esters is 1. The standard InChI is InChI=1S/C44H51N5O8/c1-6-26-22-44(26,40(53)56-7-2)48-38(51)34-21-27(45-42(55)57-24-33-31-18-12-10-16-29(31)30-17-11-13-19-32(30)33)23-49(34)41(54)47-37(43(3,4)5)39(52)46-36-28-15-9-8-14-25(28)20-35(36)50/h6,8-19,26-27,33-37,50H,1,7,20-24H2,2-5H3,(H,45,55)(H,46,52)(H,47,54)(H,48,51)/t26?,27-,34+,35-,36?,37-,44-/m1/s1. The highest BCUT2D eigenvalue weighted by Crippen LogP contribution is 2.46. The van der Waals surface area contributed by atoms with Gasteiger partial charge < -0.3 is 40.7 Å². The van der Waals surface area contributed by atoms with Crippen LogP contribution in [0.5, 0.6) is 0 Å². The van der Waals surface area contributed by atoms with E-state index < -0.39 is 71.1 Å². The molecule has 2 fully saturated rings. The summed E-state index contributed by atoms with van der Waals surface area (Å²) < 4.78 is 11.1. The SMILES string of the molecule is C=CC1C[C@]1(NC(=O)[C@@H]1C[C@@H](NC(=O)OCC2c3ccccc3-c3ccccc32)CN1C(=O)N[C@H](C(=O)NC1c2ccccc2C[C@H]1O)C(C)(C)C)C(=O)OCC. The van der Waals surface area contributed by atoms with Crippen molar-refractivity contribution in [3.8, 4) is 11.1 Å². The van der Waals surface area contributed by atoms with Crippen LogP contribution in [0.4, 0.5) is 9.59 Å². The number of aliphatic hydroxyl groups excluding tert-OH is 1. The molecule has 5 N–H and O–H groups in total. The number of ether oxygens (including phenoxy) is 2. The molecule has 13 heteroatoms. The summed E-state index contributed by atoms with van der Waals surface area (Å²) in [4.78, 5) is 70.1. The van der Waals surface area contributed by atoms with Gasteiger partial charge in [-0.1, -0.05) is 99.6 Å². The Balaban J connectivity index is 1.07. The second-order valence-corrected chi connectivity index (χ2v) is 16.5. The zero-order valence-corrected chi connectivity index (χ0v) is 32.7. The van der Waals surface area contributed by atoms with Crippen LogP contribution in [0.1, 0.15) is 74.8 Å². The van der Waals surface area contributed by atoms with Gasteiger partial charge in [0.1, 0.15) is 24.2 Å². The minimum Gasteiger partial charge on any atom is -0.464 e. The number of benzene rings is 3. The lowest BCUT2D eigenvalue weighted by atomic mass is 9.86. The molecule has 1 aliphatic heterocycles. The minimum atomic E-state index is -1.32. The van der Waals surface area contributed by atoms with Gasteiger partial charge in [0.15, 0.2) is 0 Å². The summed E-state index contributed by atoms with van der Waals surface area (Å²) in [6.45, 7) is 11.0. The quantitative estimate of drug-likeness (QED) is 0.140. The summed E-state index contributed by atoms with van der Waals surface area (Å²) in [5.74, 6) is -2.23. The maximum atomic E-state index is 14.3. The largest absolute Gasteiger partial charge is 0.464 e. The van der Waals surface area contributed by atoms with E-state index >= 15 is 0 Å². The maximum Gasteiger partial charge on any atom is 0.407 e. The van der Waals surface area contributed by atoms with Crippen molar-refractivity contribution in [3.05, 3.63) is 108 Å². The van der Waals surface area contributed by atoms with E-state index in [1.165, 1.54) is 4.90 Å². The van der Waals surface area contributed by atoms with Gasteiger partial charge in [-0.25, -0.2) is 14.4 Å². The lowest BCUT2D eigenvalue weighted by molar-refractivity contribution is -0.149. The van der Waals surface area contributed by atoms with Crippen molar-refractivity contribution < 1.29 is 38.6 Å². The number of hydrogen-bond donors (Lipinski definition) is 5. The smallest absolute Gasteiger partial charge is 0.407 e. The van der Waals surface area contributed by atoms with Crippen LogP contribution < -0.4 is 21.3 Å². The summed E-state index contributed by atoms with van der Waals surface area (Å²) in [5, 5.41) is 22.3. The molecule has 57 heavy (non-hydrogen) atoms. The zero-order chi connectivity index (χ0) is 40.6. The van der Waals surface area contributed by atoms with E-state index in [0.717, 1.165) is 33.4 Å². The molecule has 1 saturated carbocycles. The van der Waals surface area contributed by atoms with Crippen LogP contribution in [0, 0.1) is 11.3 Å². The van der Waals surface area contributed by atoms with Crippen molar-refractivity contribution in [2.75, 3.05) is 19.8 Å². The van der Waals surface area contributed by atoms with Crippen molar-refractivity contribution >= 4 is 29.9 Å². The molecule has 7 atom stereocenters. The first-order valence-electron chi connectivity index (χ1n) is 19.6.